The molecule has 0 radical (unpaired) electrons. The van der Waals surface area contributed by atoms with Gasteiger partial charge in [-0.3, -0.25) is 0 Å². The van der Waals surface area contributed by atoms with Gasteiger partial charge in [-0.2, -0.15) is 13.2 Å². The van der Waals surface area contributed by atoms with E-state index in [1.807, 2.05) is 19.9 Å². The zero-order valence-corrected chi connectivity index (χ0v) is 10.6. The van der Waals surface area contributed by atoms with Crippen LogP contribution >= 0.6 is 0 Å². The van der Waals surface area contributed by atoms with Crippen molar-refractivity contribution in [3.63, 3.8) is 0 Å². The van der Waals surface area contributed by atoms with Gasteiger partial charge in [-0.15, -0.1) is 0 Å². The fourth-order valence-corrected chi connectivity index (χ4v) is 1.72. The lowest BCUT2D eigenvalue weighted by Gasteiger charge is -2.07. The van der Waals surface area contributed by atoms with E-state index in [2.05, 4.69) is 0 Å². The molecule has 19 heavy (non-hydrogen) atoms. The molecule has 0 aliphatic carbocycles. The number of hydrogen-bond donors (Lipinski definition) is 0. The Labute approximate surface area is 109 Å². The highest BCUT2D eigenvalue weighted by atomic mass is 19.4. The maximum Gasteiger partial charge on any atom is 0.416 e. The fraction of sp³-hybridized carbons (Fsp3) is 0.200. The average molecular weight is 266 g/mol. The summed E-state index contributed by atoms with van der Waals surface area (Å²) in [6.07, 6.45) is -2.51. The maximum absolute atomic E-state index is 12.6. The predicted octanol–water partition coefficient (Wildman–Crippen LogP) is 5.39. The molecule has 0 aliphatic rings. The molecule has 0 bridgehead atoms. The SMILES string of the molecule is CC(C)=Cc1ccc(-c2cccc(C(F)(F)F)c2)o1. The van der Waals surface area contributed by atoms with Crippen molar-refractivity contribution in [2.75, 3.05) is 0 Å². The summed E-state index contributed by atoms with van der Waals surface area (Å²) in [4.78, 5) is 0. The molecular formula is C15H13F3O. The van der Waals surface area contributed by atoms with E-state index in [0.717, 1.165) is 17.7 Å². The van der Waals surface area contributed by atoms with E-state index < -0.39 is 11.7 Å². The van der Waals surface area contributed by atoms with E-state index in [4.69, 9.17) is 4.42 Å². The molecule has 1 aromatic heterocycles. The molecule has 0 atom stereocenters. The topological polar surface area (TPSA) is 13.1 Å². The van der Waals surface area contributed by atoms with Gasteiger partial charge in [-0.25, -0.2) is 0 Å². The van der Waals surface area contributed by atoms with Crippen molar-refractivity contribution in [3.8, 4) is 11.3 Å². The Morgan fingerprint density at radius 1 is 1.11 bits per heavy atom. The van der Waals surface area contributed by atoms with E-state index in [1.165, 1.54) is 6.07 Å². The maximum atomic E-state index is 12.6. The molecule has 0 fully saturated rings. The molecule has 1 heterocycles. The van der Waals surface area contributed by atoms with Crippen LogP contribution < -0.4 is 0 Å². The minimum Gasteiger partial charge on any atom is -0.457 e. The molecule has 4 heteroatoms. The average Bonchev–Trinajstić information content (AvgIpc) is 2.76. The van der Waals surface area contributed by atoms with Crippen LogP contribution in [0, 0.1) is 0 Å². The Bertz CT molecular complexity index is 602. The summed E-state index contributed by atoms with van der Waals surface area (Å²) in [5, 5.41) is 0. The number of allylic oxidation sites excluding steroid dienone is 1. The van der Waals surface area contributed by atoms with E-state index >= 15 is 0 Å². The van der Waals surface area contributed by atoms with Gasteiger partial charge in [0.2, 0.25) is 0 Å². The Kier molecular flexibility index (Phi) is 3.51. The van der Waals surface area contributed by atoms with Crippen LogP contribution in [-0.2, 0) is 6.18 Å². The summed E-state index contributed by atoms with van der Waals surface area (Å²) in [6, 6.07) is 8.52. The van der Waals surface area contributed by atoms with Gasteiger partial charge in [0.25, 0.3) is 0 Å². The Balaban J connectivity index is 2.37. The molecule has 0 aliphatic heterocycles. The van der Waals surface area contributed by atoms with Crippen molar-refractivity contribution in [3.05, 3.63) is 53.3 Å². The zero-order chi connectivity index (χ0) is 14.0. The van der Waals surface area contributed by atoms with E-state index in [-0.39, 0.29) is 0 Å². The minimum absolute atomic E-state index is 0.420. The smallest absolute Gasteiger partial charge is 0.416 e. The Morgan fingerprint density at radius 3 is 2.47 bits per heavy atom. The summed E-state index contributed by atoms with van der Waals surface area (Å²) in [7, 11) is 0. The van der Waals surface area contributed by atoms with Gasteiger partial charge >= 0.3 is 6.18 Å². The molecule has 1 aromatic carbocycles. The van der Waals surface area contributed by atoms with Gasteiger partial charge in [0.1, 0.15) is 11.5 Å². The Hall–Kier alpha value is -1.97. The normalized spacial score (nSPS) is 11.4. The third kappa shape index (κ3) is 3.28. The lowest BCUT2D eigenvalue weighted by Crippen LogP contribution is -2.04. The number of benzene rings is 1. The van der Waals surface area contributed by atoms with Gasteiger partial charge in [-0.1, -0.05) is 17.7 Å². The number of hydrogen-bond acceptors (Lipinski definition) is 1. The summed E-state index contributed by atoms with van der Waals surface area (Å²) < 4.78 is 43.4. The van der Waals surface area contributed by atoms with Crippen LogP contribution in [0.15, 0.2) is 46.4 Å². The van der Waals surface area contributed by atoms with Crippen molar-refractivity contribution in [2.45, 2.75) is 20.0 Å². The molecular weight excluding hydrogens is 253 g/mol. The molecule has 0 spiro atoms. The second-order valence-electron chi connectivity index (χ2n) is 4.50. The van der Waals surface area contributed by atoms with Crippen molar-refractivity contribution >= 4 is 6.08 Å². The first-order valence-corrected chi connectivity index (χ1v) is 5.78. The van der Waals surface area contributed by atoms with Crippen LogP contribution in [0.4, 0.5) is 13.2 Å². The van der Waals surface area contributed by atoms with E-state index in [0.29, 0.717) is 17.1 Å². The second-order valence-corrected chi connectivity index (χ2v) is 4.50. The third-order valence-corrected chi connectivity index (χ3v) is 2.53. The van der Waals surface area contributed by atoms with Crippen LogP contribution in [-0.4, -0.2) is 0 Å². The molecule has 1 nitrogen and oxygen atoms in total. The highest BCUT2D eigenvalue weighted by molar-refractivity contribution is 5.61. The lowest BCUT2D eigenvalue weighted by atomic mass is 10.1. The molecule has 0 saturated carbocycles. The van der Waals surface area contributed by atoms with E-state index in [9.17, 15) is 13.2 Å². The van der Waals surface area contributed by atoms with E-state index in [1.54, 1.807) is 18.2 Å². The molecule has 2 aromatic rings. The van der Waals surface area contributed by atoms with Crippen LogP contribution in [0.5, 0.6) is 0 Å². The van der Waals surface area contributed by atoms with Crippen molar-refractivity contribution in [1.82, 2.24) is 0 Å². The number of furan rings is 1. The standard InChI is InChI=1S/C15H13F3O/c1-10(2)8-13-6-7-14(19-13)11-4-3-5-12(9-11)15(16,17)18/h3-9H,1-2H3. The molecule has 0 saturated heterocycles. The highest BCUT2D eigenvalue weighted by Gasteiger charge is 2.30. The summed E-state index contributed by atoms with van der Waals surface area (Å²) >= 11 is 0. The first kappa shape index (κ1) is 13.5. The van der Waals surface area contributed by atoms with Gasteiger partial charge in [-0.05, 0) is 44.2 Å². The summed E-state index contributed by atoms with van der Waals surface area (Å²) in [5.41, 5.74) is 0.804. The number of rotatable bonds is 2. The van der Waals surface area contributed by atoms with Crippen molar-refractivity contribution in [1.29, 1.82) is 0 Å². The minimum atomic E-state index is -4.34. The lowest BCUT2D eigenvalue weighted by molar-refractivity contribution is -0.137. The molecule has 0 amide bonds. The van der Waals surface area contributed by atoms with Crippen molar-refractivity contribution in [2.24, 2.45) is 0 Å². The summed E-state index contributed by atoms with van der Waals surface area (Å²) in [6.45, 7) is 3.85. The predicted molar refractivity (Wildman–Crippen MR) is 68.5 cm³/mol. The summed E-state index contributed by atoms with van der Waals surface area (Å²) in [5.74, 6) is 1.06. The van der Waals surface area contributed by atoms with Gasteiger partial charge in [0.15, 0.2) is 0 Å². The quantitative estimate of drug-likeness (QED) is 0.710. The second kappa shape index (κ2) is 4.96. The van der Waals surface area contributed by atoms with Crippen LogP contribution in [0.3, 0.4) is 0 Å². The number of alkyl halides is 3. The molecule has 2 rings (SSSR count). The molecule has 0 N–H and O–H groups in total. The van der Waals surface area contributed by atoms with Crippen molar-refractivity contribution < 1.29 is 17.6 Å². The van der Waals surface area contributed by atoms with Gasteiger partial charge < -0.3 is 4.42 Å². The first-order chi connectivity index (χ1) is 8.86. The largest absolute Gasteiger partial charge is 0.457 e. The van der Waals surface area contributed by atoms with Crippen LogP contribution in [0.25, 0.3) is 17.4 Å². The fourth-order valence-electron chi connectivity index (χ4n) is 1.72. The highest BCUT2D eigenvalue weighted by Crippen LogP contribution is 2.32. The molecule has 0 unspecified atom stereocenters. The van der Waals surface area contributed by atoms with Crippen LogP contribution in [0.2, 0.25) is 0 Å². The van der Waals surface area contributed by atoms with Gasteiger partial charge in [0, 0.05) is 5.56 Å². The third-order valence-electron chi connectivity index (χ3n) is 2.53. The monoisotopic (exact) mass is 266 g/mol. The Morgan fingerprint density at radius 2 is 1.84 bits per heavy atom. The van der Waals surface area contributed by atoms with Gasteiger partial charge in [0.05, 0.1) is 5.56 Å². The molecule has 100 valence electrons. The first-order valence-electron chi connectivity index (χ1n) is 5.78. The zero-order valence-electron chi connectivity index (χ0n) is 10.6. The van der Waals surface area contributed by atoms with Crippen LogP contribution in [0.1, 0.15) is 25.2 Å². The number of halogens is 3.